The number of hydrogen-bond acceptors (Lipinski definition) is 3. The standard InChI is InChI=1S/C9H11Cl2F2NO2S2/c1-6-4-8(17-9(6)11)18(15,16)14(3-2-10)5-7(12)13/h4,7H,2-3,5H2,1H3. The highest BCUT2D eigenvalue weighted by Crippen LogP contribution is 2.32. The molecular weight excluding hydrogens is 327 g/mol. The molecule has 0 aliphatic carbocycles. The Hall–Kier alpha value is 0.0500. The van der Waals surface area contributed by atoms with E-state index in [1.807, 2.05) is 0 Å². The van der Waals surface area contributed by atoms with Gasteiger partial charge in [0.25, 0.3) is 16.4 Å². The molecule has 0 saturated heterocycles. The van der Waals surface area contributed by atoms with Crippen molar-refractivity contribution < 1.29 is 17.2 Å². The zero-order valence-electron chi connectivity index (χ0n) is 9.37. The molecule has 0 aliphatic rings. The van der Waals surface area contributed by atoms with Crippen LogP contribution >= 0.6 is 34.5 Å². The van der Waals surface area contributed by atoms with Crippen molar-refractivity contribution in [2.24, 2.45) is 0 Å². The summed E-state index contributed by atoms with van der Waals surface area (Å²) in [5, 5.41) is 0. The smallest absolute Gasteiger partial charge is 0.209 e. The quantitative estimate of drug-likeness (QED) is 0.747. The molecular formula is C9H11Cl2F2NO2S2. The highest BCUT2D eigenvalue weighted by Gasteiger charge is 2.28. The van der Waals surface area contributed by atoms with E-state index >= 15 is 0 Å². The SMILES string of the molecule is Cc1cc(S(=O)(=O)N(CCCl)CC(F)F)sc1Cl. The Morgan fingerprint density at radius 1 is 1.50 bits per heavy atom. The van der Waals surface area contributed by atoms with Crippen LogP contribution in [-0.4, -0.2) is 38.1 Å². The van der Waals surface area contributed by atoms with Gasteiger partial charge in [-0.25, -0.2) is 17.2 Å². The molecule has 0 aromatic carbocycles. The lowest BCUT2D eigenvalue weighted by Gasteiger charge is -2.19. The fourth-order valence-corrected chi connectivity index (χ4v) is 4.83. The van der Waals surface area contributed by atoms with Crippen LogP contribution in [-0.2, 0) is 10.0 Å². The topological polar surface area (TPSA) is 37.4 Å². The second kappa shape index (κ2) is 6.47. The summed E-state index contributed by atoms with van der Waals surface area (Å²) < 4.78 is 49.9. The molecule has 1 rings (SSSR count). The van der Waals surface area contributed by atoms with Crippen LogP contribution in [0.25, 0.3) is 0 Å². The highest BCUT2D eigenvalue weighted by molar-refractivity contribution is 7.91. The molecule has 0 N–H and O–H groups in total. The van der Waals surface area contributed by atoms with Crippen LogP contribution in [0.3, 0.4) is 0 Å². The molecule has 1 aromatic rings. The Balaban J connectivity index is 3.08. The van der Waals surface area contributed by atoms with Crippen LogP contribution in [0.2, 0.25) is 4.34 Å². The van der Waals surface area contributed by atoms with Crippen molar-refractivity contribution in [2.45, 2.75) is 17.6 Å². The van der Waals surface area contributed by atoms with Gasteiger partial charge >= 0.3 is 0 Å². The Kier molecular flexibility index (Phi) is 5.79. The van der Waals surface area contributed by atoms with Crippen molar-refractivity contribution in [3.63, 3.8) is 0 Å². The molecule has 1 aromatic heterocycles. The minimum Gasteiger partial charge on any atom is -0.209 e. The monoisotopic (exact) mass is 337 g/mol. The van der Waals surface area contributed by atoms with E-state index in [2.05, 4.69) is 0 Å². The molecule has 0 aliphatic heterocycles. The van der Waals surface area contributed by atoms with Crippen molar-refractivity contribution in [1.82, 2.24) is 4.31 Å². The number of sulfonamides is 1. The van der Waals surface area contributed by atoms with Crippen LogP contribution in [0.1, 0.15) is 5.56 Å². The maximum absolute atomic E-state index is 12.4. The Labute approximate surface area is 118 Å². The van der Waals surface area contributed by atoms with Crippen LogP contribution in [0.5, 0.6) is 0 Å². The first-order chi connectivity index (χ1) is 8.28. The van der Waals surface area contributed by atoms with Crippen molar-refractivity contribution in [3.05, 3.63) is 16.0 Å². The largest absolute Gasteiger partial charge is 0.252 e. The lowest BCUT2D eigenvalue weighted by molar-refractivity contribution is 0.121. The van der Waals surface area contributed by atoms with Crippen LogP contribution in [0, 0.1) is 6.92 Å². The lowest BCUT2D eigenvalue weighted by Crippen LogP contribution is -2.36. The van der Waals surface area contributed by atoms with Gasteiger partial charge in [-0.15, -0.1) is 22.9 Å². The Morgan fingerprint density at radius 3 is 2.50 bits per heavy atom. The molecule has 3 nitrogen and oxygen atoms in total. The van der Waals surface area contributed by atoms with Crippen molar-refractivity contribution in [3.8, 4) is 0 Å². The van der Waals surface area contributed by atoms with E-state index in [0.717, 1.165) is 11.3 Å². The lowest BCUT2D eigenvalue weighted by atomic mass is 10.4. The van der Waals surface area contributed by atoms with E-state index in [-0.39, 0.29) is 16.6 Å². The van der Waals surface area contributed by atoms with Crippen LogP contribution < -0.4 is 0 Å². The summed E-state index contributed by atoms with van der Waals surface area (Å²) in [6, 6.07) is 1.37. The molecule has 0 atom stereocenters. The van der Waals surface area contributed by atoms with Gasteiger partial charge in [0.1, 0.15) is 4.21 Å². The zero-order valence-corrected chi connectivity index (χ0v) is 12.5. The number of hydrogen-bond donors (Lipinski definition) is 0. The van der Waals surface area contributed by atoms with Gasteiger partial charge in [-0.2, -0.15) is 4.31 Å². The van der Waals surface area contributed by atoms with E-state index in [1.54, 1.807) is 6.92 Å². The van der Waals surface area contributed by atoms with E-state index in [0.29, 0.717) is 14.2 Å². The van der Waals surface area contributed by atoms with E-state index in [4.69, 9.17) is 23.2 Å². The first-order valence-electron chi connectivity index (χ1n) is 4.89. The van der Waals surface area contributed by atoms with Crippen molar-refractivity contribution in [2.75, 3.05) is 19.0 Å². The van der Waals surface area contributed by atoms with Gasteiger partial charge in [0.2, 0.25) is 0 Å². The van der Waals surface area contributed by atoms with Gasteiger partial charge in [0.15, 0.2) is 0 Å². The Morgan fingerprint density at radius 2 is 2.11 bits per heavy atom. The number of thiophene rings is 1. The molecule has 0 unspecified atom stereocenters. The average molecular weight is 338 g/mol. The van der Waals surface area contributed by atoms with Crippen molar-refractivity contribution in [1.29, 1.82) is 0 Å². The summed E-state index contributed by atoms with van der Waals surface area (Å²) in [6.07, 6.45) is -2.75. The predicted octanol–water partition coefficient (Wildman–Crippen LogP) is 3.20. The first kappa shape index (κ1) is 16.1. The van der Waals surface area contributed by atoms with Gasteiger partial charge in [0, 0.05) is 12.4 Å². The molecule has 0 spiro atoms. The molecule has 18 heavy (non-hydrogen) atoms. The molecule has 0 bridgehead atoms. The minimum absolute atomic E-state index is 0.0456. The van der Waals surface area contributed by atoms with Gasteiger partial charge in [-0.3, -0.25) is 0 Å². The van der Waals surface area contributed by atoms with Gasteiger partial charge < -0.3 is 0 Å². The molecule has 9 heteroatoms. The molecule has 0 amide bonds. The minimum atomic E-state index is -3.96. The number of halogens is 4. The summed E-state index contributed by atoms with van der Waals surface area (Å²) in [4.78, 5) is 0. The second-order valence-corrected chi connectivity index (χ2v) is 7.66. The summed E-state index contributed by atoms with van der Waals surface area (Å²) in [5.41, 5.74) is 0.600. The summed E-state index contributed by atoms with van der Waals surface area (Å²) in [6.45, 7) is 0.614. The van der Waals surface area contributed by atoms with E-state index in [9.17, 15) is 17.2 Å². The number of nitrogens with zero attached hydrogens (tertiary/aromatic N) is 1. The normalized spacial score (nSPS) is 12.6. The zero-order chi connectivity index (χ0) is 13.9. The van der Waals surface area contributed by atoms with Crippen LogP contribution in [0.15, 0.2) is 10.3 Å². The third-order valence-electron chi connectivity index (χ3n) is 2.10. The molecule has 0 fully saturated rings. The predicted molar refractivity (Wildman–Crippen MR) is 69.5 cm³/mol. The molecule has 0 saturated carbocycles. The summed E-state index contributed by atoms with van der Waals surface area (Å²) in [7, 11) is -3.96. The second-order valence-electron chi connectivity index (χ2n) is 3.47. The first-order valence-corrected chi connectivity index (χ1v) is 8.06. The number of aryl methyl sites for hydroxylation is 1. The van der Waals surface area contributed by atoms with Crippen LogP contribution in [0.4, 0.5) is 8.78 Å². The molecule has 0 radical (unpaired) electrons. The average Bonchev–Trinajstić information content (AvgIpc) is 2.59. The van der Waals surface area contributed by atoms with Crippen molar-refractivity contribution >= 4 is 44.6 Å². The van der Waals surface area contributed by atoms with Gasteiger partial charge in [-0.1, -0.05) is 11.6 Å². The fraction of sp³-hybridized carbons (Fsp3) is 0.556. The summed E-state index contributed by atoms with van der Waals surface area (Å²) in [5.74, 6) is -0.0515. The maximum atomic E-state index is 12.4. The van der Waals surface area contributed by atoms with Gasteiger partial charge in [0.05, 0.1) is 10.9 Å². The fourth-order valence-electron chi connectivity index (χ4n) is 1.24. The van der Waals surface area contributed by atoms with E-state index in [1.165, 1.54) is 6.07 Å². The molecule has 1 heterocycles. The highest BCUT2D eigenvalue weighted by atomic mass is 35.5. The number of alkyl halides is 3. The summed E-state index contributed by atoms with van der Waals surface area (Å²) >= 11 is 12.1. The number of rotatable bonds is 6. The maximum Gasteiger partial charge on any atom is 0.252 e. The van der Waals surface area contributed by atoms with Gasteiger partial charge in [-0.05, 0) is 18.6 Å². The Bertz CT molecular complexity index is 485. The molecule has 104 valence electrons. The third kappa shape index (κ3) is 3.77. The van der Waals surface area contributed by atoms with E-state index < -0.39 is 23.0 Å². The third-order valence-corrected chi connectivity index (χ3v) is 6.14.